The summed E-state index contributed by atoms with van der Waals surface area (Å²) in [6.07, 6.45) is 11.6. The Morgan fingerprint density at radius 2 is 2.07 bits per heavy atom. The van der Waals surface area contributed by atoms with Crippen LogP contribution in [0, 0.1) is 0 Å². The lowest BCUT2D eigenvalue weighted by Gasteiger charge is -2.30. The normalized spacial score (nSPS) is 25.5. The molecular formula is C20H35N5OS. The van der Waals surface area contributed by atoms with Gasteiger partial charge in [0.15, 0.2) is 5.96 Å². The minimum absolute atomic E-state index is 0.325. The van der Waals surface area contributed by atoms with E-state index in [1.165, 1.54) is 25.7 Å². The van der Waals surface area contributed by atoms with Crippen LogP contribution >= 0.6 is 0 Å². The third-order valence-electron chi connectivity index (χ3n) is 5.73. The van der Waals surface area contributed by atoms with Crippen molar-refractivity contribution < 1.29 is 4.21 Å². The van der Waals surface area contributed by atoms with E-state index in [2.05, 4.69) is 34.5 Å². The number of rotatable bonds is 7. The van der Waals surface area contributed by atoms with Crippen molar-refractivity contribution >= 4 is 16.8 Å². The largest absolute Gasteiger partial charge is 0.357 e. The van der Waals surface area contributed by atoms with E-state index in [0.29, 0.717) is 23.9 Å². The zero-order valence-corrected chi connectivity index (χ0v) is 17.6. The summed E-state index contributed by atoms with van der Waals surface area (Å²) >= 11 is 0. The molecule has 2 aliphatic carbocycles. The first-order valence-electron chi connectivity index (χ1n) is 10.7. The van der Waals surface area contributed by atoms with Gasteiger partial charge < -0.3 is 10.6 Å². The molecule has 152 valence electrons. The number of nitrogens with one attached hydrogen (secondary N) is 2. The second kappa shape index (κ2) is 10.2. The van der Waals surface area contributed by atoms with Crippen LogP contribution < -0.4 is 10.6 Å². The molecule has 0 aromatic carbocycles. The fraction of sp³-hybridized carbons (Fsp3) is 0.800. The Balaban J connectivity index is 1.57. The average molecular weight is 394 g/mol. The highest BCUT2D eigenvalue weighted by molar-refractivity contribution is 7.85. The van der Waals surface area contributed by atoms with E-state index in [-0.39, 0.29) is 0 Å². The number of aliphatic imine (C=N–C) groups is 1. The van der Waals surface area contributed by atoms with Gasteiger partial charge in [-0.05, 0) is 45.1 Å². The summed E-state index contributed by atoms with van der Waals surface area (Å²) in [6.45, 7) is 5.52. The maximum Gasteiger partial charge on any atom is 0.191 e. The Hall–Kier alpha value is -1.37. The van der Waals surface area contributed by atoms with E-state index >= 15 is 0 Å². The molecule has 0 radical (unpaired) electrons. The summed E-state index contributed by atoms with van der Waals surface area (Å²) in [5, 5.41) is 12.0. The molecule has 3 unspecified atom stereocenters. The molecule has 1 heterocycles. The molecule has 0 aliphatic heterocycles. The highest BCUT2D eigenvalue weighted by Crippen LogP contribution is 2.28. The first-order chi connectivity index (χ1) is 13.2. The molecule has 3 rings (SSSR count). The van der Waals surface area contributed by atoms with Gasteiger partial charge >= 0.3 is 0 Å². The molecule has 2 aliphatic rings. The topological polar surface area (TPSA) is 71.3 Å². The summed E-state index contributed by atoms with van der Waals surface area (Å²) in [4.78, 5) is 4.75. The van der Waals surface area contributed by atoms with Crippen LogP contribution in [-0.4, -0.2) is 43.5 Å². The summed E-state index contributed by atoms with van der Waals surface area (Å²) in [6, 6.07) is 3.02. The van der Waals surface area contributed by atoms with Gasteiger partial charge in [-0.2, -0.15) is 5.10 Å². The van der Waals surface area contributed by atoms with Crippen LogP contribution in [0.4, 0.5) is 0 Å². The minimum atomic E-state index is -0.698. The number of guanidine groups is 1. The summed E-state index contributed by atoms with van der Waals surface area (Å²) < 4.78 is 14.3. The maximum atomic E-state index is 12.2. The second-order valence-corrected chi connectivity index (χ2v) is 9.73. The van der Waals surface area contributed by atoms with Crippen LogP contribution in [-0.2, 0) is 17.3 Å². The van der Waals surface area contributed by atoms with Gasteiger partial charge in [0.1, 0.15) is 0 Å². The molecule has 3 atom stereocenters. The number of nitrogens with zero attached hydrogens (tertiary/aromatic N) is 3. The molecule has 2 saturated carbocycles. The first kappa shape index (κ1) is 20.4. The van der Waals surface area contributed by atoms with Crippen molar-refractivity contribution in [3.63, 3.8) is 0 Å². The van der Waals surface area contributed by atoms with Gasteiger partial charge in [0.25, 0.3) is 0 Å². The molecule has 7 heteroatoms. The van der Waals surface area contributed by atoms with Gasteiger partial charge in [0.2, 0.25) is 0 Å². The zero-order valence-electron chi connectivity index (χ0n) is 16.8. The molecule has 1 aromatic heterocycles. The molecule has 2 fully saturated rings. The van der Waals surface area contributed by atoms with Crippen LogP contribution in [0.2, 0.25) is 0 Å². The Morgan fingerprint density at radius 3 is 2.81 bits per heavy atom. The molecule has 0 spiro atoms. The fourth-order valence-corrected chi connectivity index (χ4v) is 5.61. The molecule has 0 bridgehead atoms. The predicted octanol–water partition coefficient (Wildman–Crippen LogP) is 3.13. The smallest absolute Gasteiger partial charge is 0.191 e. The van der Waals surface area contributed by atoms with Crippen molar-refractivity contribution in [3.8, 4) is 0 Å². The first-order valence-corrected chi connectivity index (χ1v) is 12.0. The third kappa shape index (κ3) is 5.80. The Bertz CT molecular complexity index is 638. The summed E-state index contributed by atoms with van der Waals surface area (Å²) in [5.74, 6) is 1.61. The van der Waals surface area contributed by atoms with Crippen molar-refractivity contribution in [3.05, 3.63) is 18.0 Å². The second-order valence-electron chi connectivity index (χ2n) is 7.72. The van der Waals surface area contributed by atoms with E-state index in [9.17, 15) is 4.21 Å². The van der Waals surface area contributed by atoms with Crippen molar-refractivity contribution in [1.29, 1.82) is 0 Å². The SMILES string of the molecule is CCNC(=NCc1ccn(C2CCCC2)n1)NC1CCCC(S(=O)CC)C1. The molecule has 0 saturated heterocycles. The molecule has 0 amide bonds. The predicted molar refractivity (Wildman–Crippen MR) is 112 cm³/mol. The lowest BCUT2D eigenvalue weighted by molar-refractivity contribution is 0.413. The lowest BCUT2D eigenvalue weighted by Crippen LogP contribution is -2.46. The van der Waals surface area contributed by atoms with E-state index < -0.39 is 10.8 Å². The van der Waals surface area contributed by atoms with Crippen molar-refractivity contribution in [1.82, 2.24) is 20.4 Å². The Kier molecular flexibility index (Phi) is 7.73. The van der Waals surface area contributed by atoms with Gasteiger partial charge in [0.05, 0.1) is 18.3 Å². The van der Waals surface area contributed by atoms with E-state index in [1.54, 1.807) is 0 Å². The van der Waals surface area contributed by atoms with Crippen molar-refractivity contribution in [2.45, 2.75) is 89.1 Å². The Morgan fingerprint density at radius 1 is 1.26 bits per heavy atom. The zero-order chi connectivity index (χ0) is 19.1. The van der Waals surface area contributed by atoms with Crippen LogP contribution in [0.25, 0.3) is 0 Å². The van der Waals surface area contributed by atoms with E-state index in [1.807, 2.05) is 6.92 Å². The van der Waals surface area contributed by atoms with Crippen LogP contribution in [0.3, 0.4) is 0 Å². The van der Waals surface area contributed by atoms with Crippen LogP contribution in [0.1, 0.15) is 76.9 Å². The highest BCUT2D eigenvalue weighted by atomic mass is 32.2. The minimum Gasteiger partial charge on any atom is -0.357 e. The average Bonchev–Trinajstić information content (AvgIpc) is 3.37. The molecule has 27 heavy (non-hydrogen) atoms. The lowest BCUT2D eigenvalue weighted by atomic mass is 9.95. The Labute approximate surface area is 166 Å². The number of aromatic nitrogens is 2. The van der Waals surface area contributed by atoms with Gasteiger partial charge in [-0.1, -0.05) is 26.2 Å². The van der Waals surface area contributed by atoms with Gasteiger partial charge in [-0.3, -0.25) is 8.89 Å². The van der Waals surface area contributed by atoms with Crippen molar-refractivity contribution in [2.75, 3.05) is 12.3 Å². The van der Waals surface area contributed by atoms with Crippen LogP contribution in [0.15, 0.2) is 17.3 Å². The monoisotopic (exact) mass is 393 g/mol. The molecular weight excluding hydrogens is 358 g/mol. The summed E-state index contributed by atoms with van der Waals surface area (Å²) in [7, 11) is -0.698. The third-order valence-corrected chi connectivity index (χ3v) is 7.47. The maximum absolute atomic E-state index is 12.2. The molecule has 1 aromatic rings. The number of hydrogen-bond acceptors (Lipinski definition) is 3. The van der Waals surface area contributed by atoms with Gasteiger partial charge in [-0.15, -0.1) is 0 Å². The van der Waals surface area contributed by atoms with E-state index in [4.69, 9.17) is 10.1 Å². The van der Waals surface area contributed by atoms with Gasteiger partial charge in [0, 0.05) is 40.6 Å². The highest BCUT2D eigenvalue weighted by Gasteiger charge is 2.26. The quantitative estimate of drug-likeness (QED) is 0.551. The molecule has 6 nitrogen and oxygen atoms in total. The standard InChI is InChI=1S/C20H35N5OS/c1-3-21-20(23-16-8-7-11-19(14-16)27(26)4-2)22-15-17-12-13-25(24-17)18-9-5-6-10-18/h12-13,16,18-19H,3-11,14-15H2,1-2H3,(H2,21,22,23). The van der Waals surface area contributed by atoms with Gasteiger partial charge in [-0.25, -0.2) is 4.99 Å². The number of hydrogen-bond donors (Lipinski definition) is 2. The van der Waals surface area contributed by atoms with Crippen molar-refractivity contribution in [2.24, 2.45) is 4.99 Å². The summed E-state index contributed by atoms with van der Waals surface area (Å²) in [5.41, 5.74) is 1.02. The van der Waals surface area contributed by atoms with E-state index in [0.717, 1.165) is 49.6 Å². The molecule has 2 N–H and O–H groups in total. The van der Waals surface area contributed by atoms with Crippen LogP contribution in [0.5, 0.6) is 0 Å². The fourth-order valence-electron chi connectivity index (χ4n) is 4.26.